The highest BCUT2D eigenvalue weighted by molar-refractivity contribution is 6.02. The molecule has 2 aromatic rings. The number of carboxylic acids is 1. The van der Waals surface area contributed by atoms with E-state index < -0.39 is 11.9 Å². The molecule has 0 radical (unpaired) electrons. The summed E-state index contributed by atoms with van der Waals surface area (Å²) >= 11 is 0. The molecule has 0 heterocycles. The van der Waals surface area contributed by atoms with E-state index in [0.29, 0.717) is 6.42 Å². The predicted octanol–water partition coefficient (Wildman–Crippen LogP) is 3.28. The minimum absolute atomic E-state index is 0.158. The third-order valence-corrected chi connectivity index (χ3v) is 3.29. The molecule has 2 N–H and O–H groups in total. The molecule has 0 saturated carbocycles. The number of carbonyl (C=O) groups is 2. The molecule has 0 spiro atoms. The fourth-order valence-electron chi connectivity index (χ4n) is 2.02. The molecule has 0 aromatic heterocycles. The van der Waals surface area contributed by atoms with Crippen LogP contribution in [0.15, 0.2) is 42.5 Å². The molecule has 0 aliphatic rings. The standard InChI is InChI=1S/C16H17NO3/c1-11(16(19)20)9-10-15(18)17-14-8-4-6-12-5-2-3-7-13(12)14/h2-8,11H,9-10H2,1H3,(H,17,18)(H,19,20)/t11-/m0/s1. The minimum atomic E-state index is -0.872. The zero-order chi connectivity index (χ0) is 14.5. The van der Waals surface area contributed by atoms with E-state index in [-0.39, 0.29) is 12.3 Å². The molecule has 20 heavy (non-hydrogen) atoms. The number of aliphatic carboxylic acids is 1. The Kier molecular flexibility index (Phi) is 4.35. The summed E-state index contributed by atoms with van der Waals surface area (Å²) in [6.45, 7) is 1.60. The lowest BCUT2D eigenvalue weighted by Crippen LogP contribution is -2.16. The van der Waals surface area contributed by atoms with E-state index in [9.17, 15) is 9.59 Å². The van der Waals surface area contributed by atoms with Crippen molar-refractivity contribution in [2.75, 3.05) is 5.32 Å². The number of rotatable bonds is 5. The quantitative estimate of drug-likeness (QED) is 0.877. The molecule has 4 heteroatoms. The topological polar surface area (TPSA) is 66.4 Å². The van der Waals surface area contributed by atoms with Gasteiger partial charge in [-0.1, -0.05) is 43.3 Å². The number of amides is 1. The van der Waals surface area contributed by atoms with Crippen molar-refractivity contribution in [1.29, 1.82) is 0 Å². The highest BCUT2D eigenvalue weighted by atomic mass is 16.4. The number of anilines is 1. The van der Waals surface area contributed by atoms with Crippen LogP contribution in [0.2, 0.25) is 0 Å². The van der Waals surface area contributed by atoms with Gasteiger partial charge in [-0.25, -0.2) is 0 Å². The van der Waals surface area contributed by atoms with Crippen molar-refractivity contribution in [3.05, 3.63) is 42.5 Å². The van der Waals surface area contributed by atoms with Gasteiger partial charge < -0.3 is 10.4 Å². The highest BCUT2D eigenvalue weighted by Gasteiger charge is 2.13. The molecule has 0 aliphatic carbocycles. The maximum Gasteiger partial charge on any atom is 0.306 e. The Hall–Kier alpha value is -2.36. The zero-order valence-corrected chi connectivity index (χ0v) is 11.3. The van der Waals surface area contributed by atoms with Crippen LogP contribution in [0.25, 0.3) is 10.8 Å². The van der Waals surface area contributed by atoms with Crippen LogP contribution < -0.4 is 5.32 Å². The molecular weight excluding hydrogens is 254 g/mol. The van der Waals surface area contributed by atoms with Gasteiger partial charge in [-0.15, -0.1) is 0 Å². The molecule has 0 fully saturated rings. The SMILES string of the molecule is C[C@@H](CCC(=O)Nc1cccc2ccccc12)C(=O)O. The van der Waals surface area contributed by atoms with Crippen molar-refractivity contribution >= 4 is 28.3 Å². The second-order valence-corrected chi connectivity index (χ2v) is 4.85. The second-order valence-electron chi connectivity index (χ2n) is 4.85. The zero-order valence-electron chi connectivity index (χ0n) is 11.3. The molecule has 1 amide bonds. The number of hydrogen-bond acceptors (Lipinski definition) is 2. The highest BCUT2D eigenvalue weighted by Crippen LogP contribution is 2.23. The summed E-state index contributed by atoms with van der Waals surface area (Å²) in [5.74, 6) is -1.54. The number of benzene rings is 2. The summed E-state index contributed by atoms with van der Waals surface area (Å²) in [7, 11) is 0. The Morgan fingerprint density at radius 3 is 2.60 bits per heavy atom. The van der Waals surface area contributed by atoms with Crippen LogP contribution in [0.3, 0.4) is 0 Å². The van der Waals surface area contributed by atoms with Crippen LogP contribution in [0.4, 0.5) is 5.69 Å². The molecular formula is C16H17NO3. The first-order chi connectivity index (χ1) is 9.58. The summed E-state index contributed by atoms with van der Waals surface area (Å²) in [5.41, 5.74) is 0.760. The van der Waals surface area contributed by atoms with Gasteiger partial charge in [0, 0.05) is 17.5 Å². The van der Waals surface area contributed by atoms with E-state index in [1.165, 1.54) is 0 Å². The molecule has 4 nitrogen and oxygen atoms in total. The first kappa shape index (κ1) is 14.1. The Morgan fingerprint density at radius 2 is 1.85 bits per heavy atom. The fourth-order valence-corrected chi connectivity index (χ4v) is 2.02. The molecule has 0 aliphatic heterocycles. The summed E-state index contributed by atoms with van der Waals surface area (Å²) in [6, 6.07) is 13.5. The average molecular weight is 271 g/mol. The van der Waals surface area contributed by atoms with Gasteiger partial charge in [-0.3, -0.25) is 9.59 Å². The number of nitrogens with one attached hydrogen (secondary N) is 1. The maximum atomic E-state index is 11.9. The van der Waals surface area contributed by atoms with Crippen LogP contribution in [-0.4, -0.2) is 17.0 Å². The Labute approximate surface area is 117 Å². The number of carbonyl (C=O) groups excluding carboxylic acids is 1. The molecule has 104 valence electrons. The summed E-state index contributed by atoms with van der Waals surface area (Å²) in [4.78, 5) is 22.6. The van der Waals surface area contributed by atoms with Gasteiger partial charge in [0.05, 0.1) is 5.92 Å². The van der Waals surface area contributed by atoms with Gasteiger partial charge in [0.15, 0.2) is 0 Å². The average Bonchev–Trinajstić information content (AvgIpc) is 2.45. The normalized spacial score (nSPS) is 12.1. The number of hydrogen-bond donors (Lipinski definition) is 2. The Bertz CT molecular complexity index is 631. The first-order valence-electron chi connectivity index (χ1n) is 6.58. The van der Waals surface area contributed by atoms with E-state index in [2.05, 4.69) is 5.32 Å². The summed E-state index contributed by atoms with van der Waals surface area (Å²) in [5, 5.41) is 13.7. The van der Waals surface area contributed by atoms with Gasteiger partial charge in [0.2, 0.25) is 5.91 Å². The van der Waals surface area contributed by atoms with Crippen LogP contribution in [0, 0.1) is 5.92 Å². The van der Waals surface area contributed by atoms with E-state index in [1.807, 2.05) is 42.5 Å². The van der Waals surface area contributed by atoms with Crippen LogP contribution in [0.5, 0.6) is 0 Å². The van der Waals surface area contributed by atoms with Crippen LogP contribution in [-0.2, 0) is 9.59 Å². The van der Waals surface area contributed by atoms with Crippen molar-refractivity contribution in [3.63, 3.8) is 0 Å². The van der Waals surface area contributed by atoms with Gasteiger partial charge in [0.1, 0.15) is 0 Å². The van der Waals surface area contributed by atoms with E-state index in [1.54, 1.807) is 6.92 Å². The molecule has 2 rings (SSSR count). The lowest BCUT2D eigenvalue weighted by atomic mass is 10.1. The van der Waals surface area contributed by atoms with E-state index in [0.717, 1.165) is 16.5 Å². The Morgan fingerprint density at radius 1 is 1.15 bits per heavy atom. The second kappa shape index (κ2) is 6.19. The molecule has 1 atom stereocenters. The summed E-state index contributed by atoms with van der Waals surface area (Å²) in [6.07, 6.45) is 0.544. The third-order valence-electron chi connectivity index (χ3n) is 3.29. The molecule has 0 bridgehead atoms. The van der Waals surface area contributed by atoms with Gasteiger partial charge in [-0.05, 0) is 17.9 Å². The number of carboxylic acid groups (broad SMARTS) is 1. The van der Waals surface area contributed by atoms with Crippen molar-refractivity contribution < 1.29 is 14.7 Å². The van der Waals surface area contributed by atoms with Gasteiger partial charge in [0.25, 0.3) is 0 Å². The molecule has 0 saturated heterocycles. The van der Waals surface area contributed by atoms with E-state index >= 15 is 0 Å². The minimum Gasteiger partial charge on any atom is -0.481 e. The van der Waals surface area contributed by atoms with Crippen molar-refractivity contribution in [2.45, 2.75) is 19.8 Å². The lowest BCUT2D eigenvalue weighted by molar-refractivity contribution is -0.141. The maximum absolute atomic E-state index is 11.9. The third kappa shape index (κ3) is 3.35. The first-order valence-corrected chi connectivity index (χ1v) is 6.58. The molecule has 0 unspecified atom stereocenters. The van der Waals surface area contributed by atoms with Crippen LogP contribution >= 0.6 is 0 Å². The summed E-state index contributed by atoms with van der Waals surface area (Å²) < 4.78 is 0. The van der Waals surface area contributed by atoms with Gasteiger partial charge >= 0.3 is 5.97 Å². The van der Waals surface area contributed by atoms with Gasteiger partial charge in [-0.2, -0.15) is 0 Å². The van der Waals surface area contributed by atoms with Crippen molar-refractivity contribution in [1.82, 2.24) is 0 Å². The largest absolute Gasteiger partial charge is 0.481 e. The molecule has 2 aromatic carbocycles. The fraction of sp³-hybridized carbons (Fsp3) is 0.250. The monoisotopic (exact) mass is 271 g/mol. The van der Waals surface area contributed by atoms with Crippen molar-refractivity contribution in [3.8, 4) is 0 Å². The van der Waals surface area contributed by atoms with Crippen LogP contribution in [0.1, 0.15) is 19.8 Å². The smallest absolute Gasteiger partial charge is 0.306 e. The lowest BCUT2D eigenvalue weighted by Gasteiger charge is -2.09. The van der Waals surface area contributed by atoms with E-state index in [4.69, 9.17) is 5.11 Å². The predicted molar refractivity (Wildman–Crippen MR) is 78.6 cm³/mol. The number of fused-ring (bicyclic) bond motifs is 1. The van der Waals surface area contributed by atoms with Crippen molar-refractivity contribution in [2.24, 2.45) is 5.92 Å². The Balaban J connectivity index is 2.05.